The number of benzene rings is 1. The normalized spacial score (nSPS) is 30.8. The van der Waals surface area contributed by atoms with Crippen LogP contribution in [-0.2, 0) is 9.53 Å². The molecule has 30 heavy (non-hydrogen) atoms. The number of nitrogens with zero attached hydrogens (tertiary/aromatic N) is 3. The molecule has 3 aliphatic rings. The maximum Gasteiger partial charge on any atom is 0.251 e. The van der Waals surface area contributed by atoms with Gasteiger partial charge in [0.1, 0.15) is 6.07 Å². The second-order valence-electron chi connectivity index (χ2n) is 8.80. The molecule has 3 fully saturated rings. The third kappa shape index (κ3) is 3.62. The Morgan fingerprint density at radius 1 is 1.27 bits per heavy atom. The fraction of sp³-hybridized carbons (Fsp3) is 0.522. The Labute approximate surface area is 176 Å². The highest BCUT2D eigenvalue weighted by Gasteiger charge is 2.37. The van der Waals surface area contributed by atoms with Gasteiger partial charge in [-0.1, -0.05) is 0 Å². The summed E-state index contributed by atoms with van der Waals surface area (Å²) in [6.45, 7) is 3.18. The van der Waals surface area contributed by atoms with E-state index >= 15 is 0 Å². The SMILES string of the molecule is CC1CN(c2ccc(C#N)c3ncccc23)CC(C(=O)NC2C[C@H]3CC[C@H](C2)N3)O1. The van der Waals surface area contributed by atoms with Crippen LogP contribution in [0.25, 0.3) is 10.9 Å². The molecule has 1 aromatic carbocycles. The minimum absolute atomic E-state index is 0.0195. The van der Waals surface area contributed by atoms with E-state index in [2.05, 4.69) is 26.6 Å². The minimum Gasteiger partial charge on any atom is -0.365 e. The lowest BCUT2D eigenvalue weighted by Gasteiger charge is -2.39. The molecule has 0 radical (unpaired) electrons. The van der Waals surface area contributed by atoms with Crippen LogP contribution in [0.3, 0.4) is 0 Å². The number of ether oxygens (including phenoxy) is 1. The Morgan fingerprint density at radius 3 is 2.83 bits per heavy atom. The quantitative estimate of drug-likeness (QED) is 0.813. The predicted octanol–water partition coefficient (Wildman–Crippen LogP) is 2.10. The average Bonchev–Trinajstić information content (AvgIpc) is 3.10. The summed E-state index contributed by atoms with van der Waals surface area (Å²) in [4.78, 5) is 19.7. The van der Waals surface area contributed by atoms with Crippen molar-refractivity contribution >= 4 is 22.5 Å². The zero-order chi connectivity index (χ0) is 20.7. The van der Waals surface area contributed by atoms with Crippen molar-refractivity contribution in [3.8, 4) is 6.07 Å². The van der Waals surface area contributed by atoms with E-state index in [1.807, 2.05) is 31.2 Å². The molecule has 5 rings (SSSR count). The first-order valence-electron chi connectivity index (χ1n) is 10.9. The molecule has 2 aromatic rings. The molecular formula is C23H27N5O2. The molecule has 1 amide bonds. The van der Waals surface area contributed by atoms with Gasteiger partial charge in [0.25, 0.3) is 5.91 Å². The number of hydrogen-bond donors (Lipinski definition) is 2. The van der Waals surface area contributed by atoms with Crippen molar-refractivity contribution in [3.63, 3.8) is 0 Å². The molecule has 0 aliphatic carbocycles. The summed E-state index contributed by atoms with van der Waals surface area (Å²) in [6, 6.07) is 11.2. The molecule has 4 heterocycles. The van der Waals surface area contributed by atoms with Gasteiger partial charge in [0.2, 0.25) is 0 Å². The number of aromatic nitrogens is 1. The van der Waals surface area contributed by atoms with Crippen LogP contribution in [0, 0.1) is 11.3 Å². The van der Waals surface area contributed by atoms with E-state index in [1.165, 1.54) is 12.8 Å². The number of nitrogens with one attached hydrogen (secondary N) is 2. The lowest BCUT2D eigenvalue weighted by molar-refractivity contribution is -0.138. The number of nitriles is 1. The molecule has 0 spiro atoms. The monoisotopic (exact) mass is 405 g/mol. The largest absolute Gasteiger partial charge is 0.365 e. The molecule has 4 atom stereocenters. The van der Waals surface area contributed by atoms with E-state index in [4.69, 9.17) is 4.74 Å². The van der Waals surface area contributed by atoms with Crippen LogP contribution in [0.2, 0.25) is 0 Å². The van der Waals surface area contributed by atoms with E-state index in [9.17, 15) is 10.1 Å². The second-order valence-corrected chi connectivity index (χ2v) is 8.80. The van der Waals surface area contributed by atoms with Crippen LogP contribution < -0.4 is 15.5 Å². The van der Waals surface area contributed by atoms with Gasteiger partial charge in [0.15, 0.2) is 6.10 Å². The summed E-state index contributed by atoms with van der Waals surface area (Å²) in [5, 5.41) is 17.2. The standard InChI is InChI=1S/C23H27N5O2/c1-14-12-28(20-7-4-15(11-24)22-19(20)3-2-8-25-22)13-21(30-14)23(29)27-18-9-16-5-6-17(10-18)26-16/h2-4,7-8,14,16-18,21,26H,5-6,9-10,12-13H2,1H3,(H,27,29)/t14?,16-,17-,21?/m1/s1. The van der Waals surface area contributed by atoms with Crippen molar-refractivity contribution in [1.29, 1.82) is 5.26 Å². The molecule has 3 saturated heterocycles. The number of amides is 1. The maximum atomic E-state index is 13.0. The molecule has 3 aliphatic heterocycles. The van der Waals surface area contributed by atoms with Crippen molar-refractivity contribution in [2.24, 2.45) is 0 Å². The smallest absolute Gasteiger partial charge is 0.251 e. The molecule has 7 nitrogen and oxygen atoms in total. The van der Waals surface area contributed by atoms with E-state index < -0.39 is 6.10 Å². The summed E-state index contributed by atoms with van der Waals surface area (Å²) >= 11 is 0. The van der Waals surface area contributed by atoms with Crippen molar-refractivity contribution in [1.82, 2.24) is 15.6 Å². The summed E-state index contributed by atoms with van der Waals surface area (Å²) in [5.41, 5.74) is 2.25. The van der Waals surface area contributed by atoms with Gasteiger partial charge in [-0.05, 0) is 56.9 Å². The van der Waals surface area contributed by atoms with Gasteiger partial charge in [0.05, 0.1) is 23.7 Å². The maximum absolute atomic E-state index is 13.0. The van der Waals surface area contributed by atoms with Crippen molar-refractivity contribution in [2.45, 2.75) is 62.9 Å². The first kappa shape index (κ1) is 19.3. The van der Waals surface area contributed by atoms with Crippen molar-refractivity contribution in [2.75, 3.05) is 18.0 Å². The van der Waals surface area contributed by atoms with E-state index in [0.29, 0.717) is 36.3 Å². The van der Waals surface area contributed by atoms with E-state index in [0.717, 1.165) is 23.9 Å². The van der Waals surface area contributed by atoms with Gasteiger partial charge in [-0.15, -0.1) is 0 Å². The zero-order valence-corrected chi connectivity index (χ0v) is 17.2. The lowest BCUT2D eigenvalue weighted by Crippen LogP contribution is -2.56. The molecule has 156 valence electrons. The molecule has 1 aromatic heterocycles. The van der Waals surface area contributed by atoms with Gasteiger partial charge >= 0.3 is 0 Å². The van der Waals surface area contributed by atoms with Crippen LogP contribution in [0.15, 0.2) is 30.5 Å². The first-order valence-corrected chi connectivity index (χ1v) is 10.9. The van der Waals surface area contributed by atoms with Crippen molar-refractivity contribution in [3.05, 3.63) is 36.0 Å². The molecule has 2 N–H and O–H groups in total. The first-order chi connectivity index (χ1) is 14.6. The molecule has 0 saturated carbocycles. The summed E-state index contributed by atoms with van der Waals surface area (Å²) in [7, 11) is 0. The van der Waals surface area contributed by atoms with Gasteiger partial charge in [-0.2, -0.15) is 5.26 Å². The average molecular weight is 406 g/mol. The van der Waals surface area contributed by atoms with Crippen LogP contribution in [-0.4, -0.2) is 54.3 Å². The number of piperidine rings is 1. The van der Waals surface area contributed by atoms with Gasteiger partial charge in [-0.25, -0.2) is 0 Å². The van der Waals surface area contributed by atoms with Crippen LogP contribution >= 0.6 is 0 Å². The highest BCUT2D eigenvalue weighted by Crippen LogP contribution is 2.31. The van der Waals surface area contributed by atoms with E-state index in [-0.39, 0.29) is 18.1 Å². The third-order valence-electron chi connectivity index (χ3n) is 6.58. The Kier molecular flexibility index (Phi) is 5.05. The highest BCUT2D eigenvalue weighted by molar-refractivity contribution is 5.95. The van der Waals surface area contributed by atoms with Crippen molar-refractivity contribution < 1.29 is 9.53 Å². The van der Waals surface area contributed by atoms with Crippen LogP contribution in [0.5, 0.6) is 0 Å². The Morgan fingerprint density at radius 2 is 2.07 bits per heavy atom. The topological polar surface area (TPSA) is 90.3 Å². The molecular weight excluding hydrogens is 378 g/mol. The number of morpholine rings is 1. The predicted molar refractivity (Wildman–Crippen MR) is 114 cm³/mol. The lowest BCUT2D eigenvalue weighted by atomic mass is 9.99. The molecule has 7 heteroatoms. The molecule has 2 bridgehead atoms. The number of carbonyl (C=O) groups excluding carboxylic acids is 1. The fourth-order valence-electron chi connectivity index (χ4n) is 5.29. The number of pyridine rings is 1. The van der Waals surface area contributed by atoms with Crippen LogP contribution in [0.4, 0.5) is 5.69 Å². The van der Waals surface area contributed by atoms with Gasteiger partial charge < -0.3 is 20.3 Å². The van der Waals surface area contributed by atoms with Gasteiger partial charge in [0, 0.05) is 41.9 Å². The minimum atomic E-state index is -0.511. The second kappa shape index (κ2) is 7.86. The summed E-state index contributed by atoms with van der Waals surface area (Å²) in [5.74, 6) is -0.0195. The summed E-state index contributed by atoms with van der Waals surface area (Å²) in [6.07, 6.45) is 5.55. The number of hydrogen-bond acceptors (Lipinski definition) is 6. The number of anilines is 1. The Bertz CT molecular complexity index is 991. The van der Waals surface area contributed by atoms with Gasteiger partial charge in [-0.3, -0.25) is 9.78 Å². The highest BCUT2D eigenvalue weighted by atomic mass is 16.5. The summed E-state index contributed by atoms with van der Waals surface area (Å²) < 4.78 is 6.03. The van der Waals surface area contributed by atoms with Crippen LogP contribution in [0.1, 0.15) is 38.2 Å². The number of fused-ring (bicyclic) bond motifs is 3. The fourth-order valence-corrected chi connectivity index (χ4v) is 5.29. The third-order valence-corrected chi connectivity index (χ3v) is 6.58. The Hall–Kier alpha value is -2.69. The number of rotatable bonds is 3. The zero-order valence-electron chi connectivity index (χ0n) is 17.2. The Balaban J connectivity index is 1.35. The molecule has 2 unspecified atom stereocenters. The number of carbonyl (C=O) groups is 1. The van der Waals surface area contributed by atoms with E-state index in [1.54, 1.807) is 6.20 Å².